The number of hydrogen-bond acceptors (Lipinski definition) is 4. The first-order valence-electron chi connectivity index (χ1n) is 8.43. The zero-order chi connectivity index (χ0) is 21.4. The molecule has 1 aromatic heterocycles. The van der Waals surface area contributed by atoms with Crippen molar-refractivity contribution >= 4 is 23.1 Å². The van der Waals surface area contributed by atoms with E-state index in [9.17, 15) is 22.4 Å². The Hall–Kier alpha value is -3.43. The Balaban J connectivity index is 2.06. The molecule has 0 unspecified atom stereocenters. The van der Waals surface area contributed by atoms with Crippen LogP contribution in [0.15, 0.2) is 53.8 Å². The number of anilines is 2. The van der Waals surface area contributed by atoms with Gasteiger partial charge in [0, 0.05) is 11.9 Å². The minimum Gasteiger partial charge on any atom is -0.354 e. The highest BCUT2D eigenvalue weighted by Crippen LogP contribution is 2.31. The predicted molar refractivity (Wildman–Crippen MR) is 103 cm³/mol. The summed E-state index contributed by atoms with van der Waals surface area (Å²) in [7, 11) is 0. The molecule has 1 heterocycles. The van der Waals surface area contributed by atoms with Crippen molar-refractivity contribution in [3.63, 3.8) is 0 Å². The van der Waals surface area contributed by atoms with Crippen molar-refractivity contribution in [2.45, 2.75) is 20.0 Å². The van der Waals surface area contributed by atoms with Crippen LogP contribution in [0.2, 0.25) is 0 Å². The molecule has 10 heteroatoms. The van der Waals surface area contributed by atoms with Crippen molar-refractivity contribution in [2.75, 3.05) is 12.0 Å². The number of aromatic nitrogens is 1. The topological polar surface area (TPSA) is 78.4 Å². The van der Waals surface area contributed by atoms with Crippen LogP contribution in [0.4, 0.5) is 28.9 Å². The SMILES string of the molecule is CC(=N/C=C/CF)NNC(=O)c1ncc(Nc2cccc(C(F)(F)F)c2)cc1C. The van der Waals surface area contributed by atoms with Gasteiger partial charge in [-0.1, -0.05) is 6.07 Å². The molecule has 0 fully saturated rings. The lowest BCUT2D eigenvalue weighted by atomic mass is 10.1. The molecule has 0 atom stereocenters. The molecule has 6 nitrogen and oxygen atoms in total. The zero-order valence-corrected chi connectivity index (χ0v) is 15.6. The van der Waals surface area contributed by atoms with E-state index >= 15 is 0 Å². The molecule has 0 saturated heterocycles. The third-order valence-electron chi connectivity index (χ3n) is 3.59. The van der Waals surface area contributed by atoms with E-state index in [4.69, 9.17) is 0 Å². The second-order valence-corrected chi connectivity index (χ2v) is 5.93. The number of carbonyl (C=O) groups excluding carboxylic acids is 1. The minimum atomic E-state index is -4.44. The van der Waals surface area contributed by atoms with Gasteiger partial charge >= 0.3 is 6.18 Å². The lowest BCUT2D eigenvalue weighted by Crippen LogP contribution is -2.41. The Labute approximate surface area is 164 Å². The van der Waals surface area contributed by atoms with E-state index in [0.717, 1.165) is 12.1 Å². The molecule has 0 aliphatic rings. The third-order valence-corrected chi connectivity index (χ3v) is 3.59. The van der Waals surface area contributed by atoms with Gasteiger partial charge in [-0.3, -0.25) is 15.6 Å². The summed E-state index contributed by atoms with van der Waals surface area (Å²) in [5.41, 5.74) is 5.50. The van der Waals surface area contributed by atoms with Crippen molar-refractivity contribution in [3.05, 3.63) is 65.6 Å². The molecular weight excluding hydrogens is 390 g/mol. The number of alkyl halides is 4. The van der Waals surface area contributed by atoms with E-state index in [1.165, 1.54) is 30.6 Å². The van der Waals surface area contributed by atoms with Crippen LogP contribution in [-0.2, 0) is 6.18 Å². The molecule has 3 N–H and O–H groups in total. The second-order valence-electron chi connectivity index (χ2n) is 5.93. The fourth-order valence-electron chi connectivity index (χ4n) is 2.26. The zero-order valence-electron chi connectivity index (χ0n) is 15.6. The summed E-state index contributed by atoms with van der Waals surface area (Å²) in [6.07, 6.45) is -0.641. The summed E-state index contributed by atoms with van der Waals surface area (Å²) in [6, 6.07) is 6.35. The summed E-state index contributed by atoms with van der Waals surface area (Å²) in [5.74, 6) is -0.194. The monoisotopic (exact) mass is 409 g/mol. The van der Waals surface area contributed by atoms with Gasteiger partial charge in [-0.2, -0.15) is 13.2 Å². The number of amides is 1. The molecule has 1 aromatic carbocycles. The van der Waals surface area contributed by atoms with E-state index in [1.807, 2.05) is 0 Å². The number of hydrogen-bond donors (Lipinski definition) is 3. The van der Waals surface area contributed by atoms with E-state index in [1.54, 1.807) is 19.9 Å². The summed E-state index contributed by atoms with van der Waals surface area (Å²) < 4.78 is 50.4. The summed E-state index contributed by atoms with van der Waals surface area (Å²) in [5, 5.41) is 2.84. The average Bonchev–Trinajstić information content (AvgIpc) is 2.66. The fourth-order valence-corrected chi connectivity index (χ4v) is 2.26. The van der Waals surface area contributed by atoms with Crippen molar-refractivity contribution in [1.29, 1.82) is 0 Å². The van der Waals surface area contributed by atoms with Crippen molar-refractivity contribution in [2.24, 2.45) is 4.99 Å². The first-order chi connectivity index (χ1) is 13.7. The van der Waals surface area contributed by atoms with Gasteiger partial charge in [0.2, 0.25) is 0 Å². The number of nitrogens with zero attached hydrogens (tertiary/aromatic N) is 2. The maximum atomic E-state index is 12.8. The summed E-state index contributed by atoms with van der Waals surface area (Å²) >= 11 is 0. The molecule has 1 amide bonds. The van der Waals surface area contributed by atoms with Crippen LogP contribution < -0.4 is 16.2 Å². The number of amidine groups is 1. The highest BCUT2D eigenvalue weighted by atomic mass is 19.4. The highest BCUT2D eigenvalue weighted by molar-refractivity contribution is 5.95. The Morgan fingerprint density at radius 2 is 1.97 bits per heavy atom. The van der Waals surface area contributed by atoms with E-state index in [2.05, 4.69) is 26.1 Å². The fraction of sp³-hybridized carbons (Fsp3) is 0.211. The molecule has 154 valence electrons. The van der Waals surface area contributed by atoms with Crippen molar-refractivity contribution < 1.29 is 22.4 Å². The lowest BCUT2D eigenvalue weighted by Gasteiger charge is -2.12. The van der Waals surface area contributed by atoms with Gasteiger partial charge in [-0.25, -0.2) is 14.4 Å². The normalized spacial score (nSPS) is 12.1. The minimum absolute atomic E-state index is 0.124. The van der Waals surface area contributed by atoms with Gasteiger partial charge in [-0.15, -0.1) is 0 Å². The van der Waals surface area contributed by atoms with Gasteiger partial charge in [0.25, 0.3) is 5.91 Å². The molecule has 2 rings (SSSR count). The largest absolute Gasteiger partial charge is 0.416 e. The van der Waals surface area contributed by atoms with Gasteiger partial charge in [0.1, 0.15) is 18.2 Å². The van der Waals surface area contributed by atoms with Gasteiger partial charge in [0.15, 0.2) is 0 Å². The Morgan fingerprint density at radius 1 is 1.21 bits per heavy atom. The molecule has 0 saturated carbocycles. The molecule has 0 radical (unpaired) electrons. The smallest absolute Gasteiger partial charge is 0.354 e. The molecule has 2 aromatic rings. The van der Waals surface area contributed by atoms with Crippen LogP contribution in [0.1, 0.15) is 28.5 Å². The highest BCUT2D eigenvalue weighted by Gasteiger charge is 2.30. The number of pyridine rings is 1. The Bertz CT molecular complexity index is 925. The maximum absolute atomic E-state index is 12.8. The number of halogens is 4. The summed E-state index contributed by atoms with van der Waals surface area (Å²) in [6.45, 7) is 2.57. The van der Waals surface area contributed by atoms with Crippen LogP contribution in [0.3, 0.4) is 0 Å². The Morgan fingerprint density at radius 3 is 2.62 bits per heavy atom. The number of benzene rings is 1. The van der Waals surface area contributed by atoms with Crippen LogP contribution in [0.25, 0.3) is 0 Å². The van der Waals surface area contributed by atoms with Crippen molar-refractivity contribution in [1.82, 2.24) is 15.8 Å². The first kappa shape index (κ1) is 21.9. The molecule has 0 aliphatic heterocycles. The number of allylic oxidation sites excluding steroid dienone is 1. The van der Waals surface area contributed by atoms with Crippen LogP contribution >= 0.6 is 0 Å². The van der Waals surface area contributed by atoms with E-state index in [0.29, 0.717) is 17.1 Å². The van der Waals surface area contributed by atoms with Gasteiger partial charge in [-0.05, 0) is 49.8 Å². The quantitative estimate of drug-likeness (QED) is 0.298. The predicted octanol–water partition coefficient (Wildman–Crippen LogP) is 4.29. The summed E-state index contributed by atoms with van der Waals surface area (Å²) in [4.78, 5) is 20.1. The number of aryl methyl sites for hydroxylation is 1. The molecular formula is C19H19F4N5O. The van der Waals surface area contributed by atoms with E-state index in [-0.39, 0.29) is 11.4 Å². The first-order valence-corrected chi connectivity index (χ1v) is 8.43. The molecule has 29 heavy (non-hydrogen) atoms. The van der Waals surface area contributed by atoms with Crippen LogP contribution in [0.5, 0.6) is 0 Å². The standard InChI is InChI=1S/C19H19F4N5O/c1-12-9-16(26-15-6-3-5-14(10-15)19(21,22)23)11-25-17(12)18(29)28-27-13(2)24-8-4-7-20/h3-6,8-11,26H,7H2,1-2H3,(H,24,27)(H,28,29)/b8-4+. The second kappa shape index (κ2) is 9.67. The van der Waals surface area contributed by atoms with Gasteiger partial charge in [0.05, 0.1) is 17.4 Å². The molecule has 0 aliphatic carbocycles. The Kier molecular flexibility index (Phi) is 7.29. The van der Waals surface area contributed by atoms with Crippen LogP contribution in [0, 0.1) is 6.92 Å². The average molecular weight is 409 g/mol. The number of carbonyl (C=O) groups is 1. The van der Waals surface area contributed by atoms with Gasteiger partial charge < -0.3 is 5.32 Å². The van der Waals surface area contributed by atoms with E-state index < -0.39 is 24.3 Å². The number of rotatable bonds is 5. The number of aliphatic imine (C=N–C) groups is 1. The van der Waals surface area contributed by atoms with Crippen molar-refractivity contribution in [3.8, 4) is 0 Å². The third kappa shape index (κ3) is 6.59. The number of nitrogens with one attached hydrogen (secondary N) is 3. The molecule has 0 spiro atoms. The molecule has 0 bridgehead atoms. The number of hydrazine groups is 1. The lowest BCUT2D eigenvalue weighted by molar-refractivity contribution is -0.137. The van der Waals surface area contributed by atoms with Crippen LogP contribution in [-0.4, -0.2) is 23.4 Å². The maximum Gasteiger partial charge on any atom is 0.416 e.